The maximum Gasteiger partial charge on any atom is 0.258 e. The van der Waals surface area contributed by atoms with Crippen molar-refractivity contribution in [3.05, 3.63) is 58.1 Å². The Hall–Kier alpha value is -1.91. The summed E-state index contributed by atoms with van der Waals surface area (Å²) in [6.07, 6.45) is 0. The van der Waals surface area contributed by atoms with E-state index in [0.717, 1.165) is 11.3 Å². The van der Waals surface area contributed by atoms with Crippen LogP contribution in [0.5, 0.6) is 11.5 Å². The van der Waals surface area contributed by atoms with E-state index in [1.54, 1.807) is 25.3 Å². The van der Waals surface area contributed by atoms with Gasteiger partial charge in [-0.15, -0.1) is 0 Å². The Morgan fingerprint density at radius 2 is 1.73 bits per heavy atom. The molecule has 2 aromatic carbocycles. The third-order valence-corrected chi connectivity index (χ3v) is 3.51. The summed E-state index contributed by atoms with van der Waals surface area (Å²) < 4.78 is 10.4. The Kier molecular flexibility index (Phi) is 5.92. The first-order chi connectivity index (χ1) is 10.6. The number of nitrogens with one attached hydrogen (secondary N) is 1. The second kappa shape index (κ2) is 7.92. The van der Waals surface area contributed by atoms with E-state index in [9.17, 15) is 4.79 Å². The van der Waals surface area contributed by atoms with Crippen LogP contribution in [0.1, 0.15) is 5.56 Å². The highest BCUT2D eigenvalue weighted by molar-refractivity contribution is 6.37. The largest absolute Gasteiger partial charge is 0.497 e. The van der Waals surface area contributed by atoms with E-state index in [0.29, 0.717) is 22.3 Å². The van der Waals surface area contributed by atoms with E-state index in [-0.39, 0.29) is 12.5 Å². The number of carbonyl (C=O) groups is 1. The third-order valence-electron chi connectivity index (χ3n) is 2.92. The number of ether oxygens (including phenoxy) is 2. The molecule has 0 aromatic heterocycles. The molecule has 0 fully saturated rings. The van der Waals surface area contributed by atoms with Crippen molar-refractivity contribution in [2.24, 2.45) is 0 Å². The minimum atomic E-state index is -0.258. The minimum Gasteiger partial charge on any atom is -0.497 e. The summed E-state index contributed by atoms with van der Waals surface area (Å²) in [7, 11) is 1.61. The first-order valence-electron chi connectivity index (χ1n) is 6.56. The van der Waals surface area contributed by atoms with Gasteiger partial charge in [-0.05, 0) is 29.8 Å². The monoisotopic (exact) mass is 339 g/mol. The van der Waals surface area contributed by atoms with E-state index in [1.807, 2.05) is 24.3 Å². The van der Waals surface area contributed by atoms with Gasteiger partial charge in [-0.2, -0.15) is 0 Å². The summed E-state index contributed by atoms with van der Waals surface area (Å²) in [5, 5.41) is 3.50. The number of hydrogen-bond donors (Lipinski definition) is 1. The molecule has 0 aliphatic carbocycles. The molecule has 0 atom stereocenters. The smallest absolute Gasteiger partial charge is 0.258 e. The zero-order chi connectivity index (χ0) is 15.9. The number of benzene rings is 2. The van der Waals surface area contributed by atoms with Crippen molar-refractivity contribution < 1.29 is 14.3 Å². The molecule has 0 bridgehead atoms. The van der Waals surface area contributed by atoms with Gasteiger partial charge in [0.2, 0.25) is 0 Å². The zero-order valence-corrected chi connectivity index (χ0v) is 13.4. The van der Waals surface area contributed by atoms with E-state index in [4.69, 9.17) is 32.7 Å². The number of hydrogen-bond acceptors (Lipinski definition) is 3. The average molecular weight is 340 g/mol. The zero-order valence-electron chi connectivity index (χ0n) is 11.9. The standard InChI is InChI=1S/C16H15Cl2NO3/c1-21-12-7-5-11(6-8-12)9-19-15(20)10-22-16-13(17)3-2-4-14(16)18/h2-8H,9-10H2,1H3,(H,19,20). The molecule has 0 radical (unpaired) electrons. The number of carbonyl (C=O) groups excluding carboxylic acids is 1. The van der Waals surface area contributed by atoms with Crippen molar-refractivity contribution in [2.75, 3.05) is 13.7 Å². The molecule has 0 unspecified atom stereocenters. The molecule has 22 heavy (non-hydrogen) atoms. The van der Waals surface area contributed by atoms with Crippen LogP contribution in [0.15, 0.2) is 42.5 Å². The lowest BCUT2D eigenvalue weighted by atomic mass is 10.2. The number of methoxy groups -OCH3 is 1. The topological polar surface area (TPSA) is 47.6 Å². The van der Waals surface area contributed by atoms with Crippen molar-refractivity contribution in [1.82, 2.24) is 5.32 Å². The molecule has 0 saturated heterocycles. The predicted octanol–water partition coefficient (Wildman–Crippen LogP) is 3.70. The number of rotatable bonds is 6. The maximum absolute atomic E-state index is 11.8. The molecule has 2 aromatic rings. The van der Waals surface area contributed by atoms with E-state index in [2.05, 4.69) is 5.32 Å². The SMILES string of the molecule is COc1ccc(CNC(=O)COc2c(Cl)cccc2Cl)cc1. The van der Waals surface area contributed by atoms with E-state index in [1.165, 1.54) is 0 Å². The summed E-state index contributed by atoms with van der Waals surface area (Å²) in [6, 6.07) is 12.4. The second-order valence-electron chi connectivity index (χ2n) is 4.46. The Morgan fingerprint density at radius 1 is 1.09 bits per heavy atom. The molecular weight excluding hydrogens is 325 g/mol. The van der Waals surface area contributed by atoms with Gasteiger partial charge in [-0.3, -0.25) is 4.79 Å². The average Bonchev–Trinajstić information content (AvgIpc) is 2.53. The van der Waals surface area contributed by atoms with Gasteiger partial charge in [0.1, 0.15) is 5.75 Å². The highest BCUT2D eigenvalue weighted by Gasteiger charge is 2.09. The lowest BCUT2D eigenvalue weighted by Crippen LogP contribution is -2.28. The van der Waals surface area contributed by atoms with Gasteiger partial charge in [0.05, 0.1) is 17.2 Å². The summed E-state index contributed by atoms with van der Waals surface area (Å²) in [5.74, 6) is 0.823. The highest BCUT2D eigenvalue weighted by Crippen LogP contribution is 2.32. The van der Waals surface area contributed by atoms with Crippen LogP contribution in [-0.2, 0) is 11.3 Å². The van der Waals surface area contributed by atoms with Crippen molar-refractivity contribution in [2.45, 2.75) is 6.54 Å². The van der Waals surface area contributed by atoms with Gasteiger partial charge in [0.25, 0.3) is 5.91 Å². The van der Waals surface area contributed by atoms with Crippen LogP contribution in [0.4, 0.5) is 0 Å². The Labute approximate surface area is 138 Å². The normalized spacial score (nSPS) is 10.1. The highest BCUT2D eigenvalue weighted by atomic mass is 35.5. The van der Waals surface area contributed by atoms with Gasteiger partial charge >= 0.3 is 0 Å². The van der Waals surface area contributed by atoms with E-state index < -0.39 is 0 Å². The quantitative estimate of drug-likeness (QED) is 0.872. The first-order valence-corrected chi connectivity index (χ1v) is 7.32. The Morgan fingerprint density at radius 3 is 2.32 bits per heavy atom. The number of amides is 1. The van der Waals surface area contributed by atoms with Crippen molar-refractivity contribution in [3.8, 4) is 11.5 Å². The molecular formula is C16H15Cl2NO3. The minimum absolute atomic E-state index is 0.153. The molecule has 0 heterocycles. The van der Waals surface area contributed by atoms with Gasteiger partial charge in [0, 0.05) is 6.54 Å². The number of halogens is 2. The molecule has 6 heteroatoms. The molecule has 4 nitrogen and oxygen atoms in total. The molecule has 2 rings (SSSR count). The third kappa shape index (κ3) is 4.55. The van der Waals surface area contributed by atoms with Crippen LogP contribution in [0, 0.1) is 0 Å². The molecule has 0 saturated carbocycles. The summed E-state index contributed by atoms with van der Waals surface area (Å²) >= 11 is 11.9. The lowest BCUT2D eigenvalue weighted by molar-refractivity contribution is -0.123. The second-order valence-corrected chi connectivity index (χ2v) is 5.28. The summed E-state index contributed by atoms with van der Waals surface area (Å²) in [5.41, 5.74) is 0.963. The maximum atomic E-state index is 11.8. The fourth-order valence-electron chi connectivity index (χ4n) is 1.75. The predicted molar refractivity (Wildman–Crippen MR) is 86.8 cm³/mol. The van der Waals surface area contributed by atoms with E-state index >= 15 is 0 Å². The van der Waals surface area contributed by atoms with Crippen LogP contribution in [0.2, 0.25) is 10.0 Å². The van der Waals surface area contributed by atoms with Crippen LogP contribution in [0.3, 0.4) is 0 Å². The van der Waals surface area contributed by atoms with Crippen molar-refractivity contribution >= 4 is 29.1 Å². The lowest BCUT2D eigenvalue weighted by Gasteiger charge is -2.10. The van der Waals surface area contributed by atoms with Crippen molar-refractivity contribution in [3.63, 3.8) is 0 Å². The van der Waals surface area contributed by atoms with Crippen LogP contribution in [0.25, 0.3) is 0 Å². The summed E-state index contributed by atoms with van der Waals surface area (Å²) in [4.78, 5) is 11.8. The van der Waals surface area contributed by atoms with Crippen LogP contribution in [-0.4, -0.2) is 19.6 Å². The fraction of sp³-hybridized carbons (Fsp3) is 0.188. The molecule has 1 N–H and O–H groups in total. The van der Waals surface area contributed by atoms with Gasteiger partial charge < -0.3 is 14.8 Å². The molecule has 0 spiro atoms. The Balaban J connectivity index is 1.83. The number of para-hydroxylation sites is 1. The fourth-order valence-corrected chi connectivity index (χ4v) is 2.26. The van der Waals surface area contributed by atoms with Crippen molar-refractivity contribution in [1.29, 1.82) is 0 Å². The van der Waals surface area contributed by atoms with Crippen LogP contribution >= 0.6 is 23.2 Å². The van der Waals surface area contributed by atoms with Crippen LogP contribution < -0.4 is 14.8 Å². The van der Waals surface area contributed by atoms with Gasteiger partial charge in [-0.25, -0.2) is 0 Å². The summed E-state index contributed by atoms with van der Waals surface area (Å²) in [6.45, 7) is 0.252. The molecule has 116 valence electrons. The first kappa shape index (κ1) is 16.5. The van der Waals surface area contributed by atoms with Gasteiger partial charge in [-0.1, -0.05) is 41.4 Å². The Bertz CT molecular complexity index is 624. The molecule has 0 aliphatic heterocycles. The van der Waals surface area contributed by atoms with Gasteiger partial charge in [0.15, 0.2) is 12.4 Å². The molecule has 0 aliphatic rings. The molecule has 1 amide bonds.